The minimum atomic E-state index is -0.0287. The topological polar surface area (TPSA) is 60.2 Å². The summed E-state index contributed by atoms with van der Waals surface area (Å²) in [4.78, 5) is 14.0. The molecule has 3 rings (SSSR count). The zero-order valence-electron chi connectivity index (χ0n) is 13.8. The molecule has 124 valence electrons. The molecule has 0 radical (unpaired) electrons. The molecule has 1 heterocycles. The number of nitrogens with zero attached hydrogens (tertiary/aromatic N) is 4. The third-order valence-corrected chi connectivity index (χ3v) is 3.91. The summed E-state index contributed by atoms with van der Waals surface area (Å²) in [6.45, 7) is 3.13. The van der Waals surface area contributed by atoms with Crippen molar-refractivity contribution in [2.75, 3.05) is 20.2 Å². The number of rotatable bonds is 6. The molecular weight excluding hydrogens is 304 g/mol. The van der Waals surface area contributed by atoms with Gasteiger partial charge in [-0.3, -0.25) is 4.79 Å². The van der Waals surface area contributed by atoms with Crippen LogP contribution in [-0.2, 0) is 11.3 Å². The highest BCUT2D eigenvalue weighted by atomic mass is 16.5. The van der Waals surface area contributed by atoms with Gasteiger partial charge >= 0.3 is 0 Å². The highest BCUT2D eigenvalue weighted by molar-refractivity contribution is 5.79. The number of hydrogen-bond donors (Lipinski definition) is 0. The predicted molar refractivity (Wildman–Crippen MR) is 91.8 cm³/mol. The predicted octanol–water partition coefficient (Wildman–Crippen LogP) is 2.28. The average molecular weight is 324 g/mol. The van der Waals surface area contributed by atoms with Gasteiger partial charge in [-0.05, 0) is 30.7 Å². The highest BCUT2D eigenvalue weighted by Gasteiger charge is 2.12. The van der Waals surface area contributed by atoms with Crippen LogP contribution < -0.4 is 4.74 Å². The minimum Gasteiger partial charge on any atom is -0.491 e. The molecule has 0 spiro atoms. The average Bonchev–Trinajstić information content (AvgIpc) is 2.99. The molecular formula is C18H20N4O2. The second-order valence-electron chi connectivity index (χ2n) is 5.67. The van der Waals surface area contributed by atoms with E-state index in [-0.39, 0.29) is 12.5 Å². The second-order valence-corrected chi connectivity index (χ2v) is 5.67. The normalized spacial score (nSPS) is 10.8. The molecule has 0 saturated carbocycles. The van der Waals surface area contributed by atoms with E-state index in [1.807, 2.05) is 55.5 Å². The first kappa shape index (κ1) is 16.0. The van der Waals surface area contributed by atoms with E-state index < -0.39 is 0 Å². The Hall–Kier alpha value is -2.89. The fourth-order valence-corrected chi connectivity index (χ4v) is 2.42. The van der Waals surface area contributed by atoms with Crippen LogP contribution in [0.1, 0.15) is 5.56 Å². The van der Waals surface area contributed by atoms with E-state index in [2.05, 4.69) is 10.3 Å². The number of carbonyl (C=O) groups excluding carboxylic acids is 1. The van der Waals surface area contributed by atoms with Gasteiger partial charge in [0.25, 0.3) is 0 Å². The van der Waals surface area contributed by atoms with Crippen molar-refractivity contribution < 1.29 is 9.53 Å². The van der Waals surface area contributed by atoms with Gasteiger partial charge in [0.15, 0.2) is 0 Å². The molecule has 0 aliphatic carbocycles. The summed E-state index contributed by atoms with van der Waals surface area (Å²) in [5.41, 5.74) is 2.73. The van der Waals surface area contributed by atoms with Crippen LogP contribution in [0.3, 0.4) is 0 Å². The van der Waals surface area contributed by atoms with Crippen molar-refractivity contribution in [3.63, 3.8) is 0 Å². The van der Waals surface area contributed by atoms with E-state index >= 15 is 0 Å². The van der Waals surface area contributed by atoms with Crippen LogP contribution >= 0.6 is 0 Å². The number of carbonyl (C=O) groups is 1. The lowest BCUT2D eigenvalue weighted by Crippen LogP contribution is -2.33. The first-order valence-corrected chi connectivity index (χ1v) is 7.86. The molecule has 0 fully saturated rings. The molecule has 1 aromatic heterocycles. The lowest BCUT2D eigenvalue weighted by atomic mass is 10.2. The molecule has 0 bridgehead atoms. The van der Waals surface area contributed by atoms with Crippen molar-refractivity contribution in [2.24, 2.45) is 0 Å². The number of aryl methyl sites for hydroxylation is 1. The minimum absolute atomic E-state index is 0.0287. The van der Waals surface area contributed by atoms with Crippen LogP contribution in [0.25, 0.3) is 11.0 Å². The van der Waals surface area contributed by atoms with Gasteiger partial charge in [0.1, 0.15) is 24.4 Å². The number of aromatic nitrogens is 3. The van der Waals surface area contributed by atoms with E-state index in [4.69, 9.17) is 4.74 Å². The standard InChI is InChI=1S/C18H20N4O2/c1-14-7-3-6-10-17(14)24-12-11-21(2)18(23)13-22-16-9-5-4-8-15(16)19-20-22/h3-10H,11-13H2,1-2H3. The van der Waals surface area contributed by atoms with Gasteiger partial charge < -0.3 is 9.64 Å². The summed E-state index contributed by atoms with van der Waals surface area (Å²) in [6.07, 6.45) is 0. The highest BCUT2D eigenvalue weighted by Crippen LogP contribution is 2.16. The van der Waals surface area contributed by atoms with Gasteiger partial charge in [-0.25, -0.2) is 4.68 Å². The van der Waals surface area contributed by atoms with E-state index in [1.54, 1.807) is 16.6 Å². The fourth-order valence-electron chi connectivity index (χ4n) is 2.42. The summed E-state index contributed by atoms with van der Waals surface area (Å²) in [6, 6.07) is 15.4. The van der Waals surface area contributed by atoms with Crippen molar-refractivity contribution in [3.8, 4) is 5.75 Å². The Morgan fingerprint density at radius 1 is 1.17 bits per heavy atom. The van der Waals surface area contributed by atoms with Crippen molar-refractivity contribution in [1.29, 1.82) is 0 Å². The van der Waals surface area contributed by atoms with E-state index in [0.29, 0.717) is 13.2 Å². The lowest BCUT2D eigenvalue weighted by Gasteiger charge is -2.18. The maximum absolute atomic E-state index is 12.3. The number of para-hydroxylation sites is 2. The van der Waals surface area contributed by atoms with Crippen LogP contribution in [0.4, 0.5) is 0 Å². The first-order chi connectivity index (χ1) is 11.6. The molecule has 0 N–H and O–H groups in total. The van der Waals surface area contributed by atoms with Crippen LogP contribution in [-0.4, -0.2) is 46.0 Å². The van der Waals surface area contributed by atoms with Crippen LogP contribution in [0.5, 0.6) is 5.75 Å². The summed E-state index contributed by atoms with van der Waals surface area (Å²) >= 11 is 0. The number of amides is 1. The third-order valence-electron chi connectivity index (χ3n) is 3.91. The van der Waals surface area contributed by atoms with Crippen molar-refractivity contribution in [2.45, 2.75) is 13.5 Å². The van der Waals surface area contributed by atoms with Gasteiger partial charge in [0.05, 0.1) is 12.1 Å². The molecule has 0 unspecified atom stereocenters. The molecule has 24 heavy (non-hydrogen) atoms. The fraction of sp³-hybridized carbons (Fsp3) is 0.278. The number of hydrogen-bond acceptors (Lipinski definition) is 4. The molecule has 6 heteroatoms. The third kappa shape index (κ3) is 3.53. The van der Waals surface area contributed by atoms with Crippen molar-refractivity contribution in [3.05, 3.63) is 54.1 Å². The quantitative estimate of drug-likeness (QED) is 0.698. The number of ether oxygens (including phenoxy) is 1. The smallest absolute Gasteiger partial charge is 0.244 e. The molecule has 0 saturated heterocycles. The first-order valence-electron chi connectivity index (χ1n) is 7.86. The zero-order valence-corrected chi connectivity index (χ0v) is 13.8. The van der Waals surface area contributed by atoms with Crippen molar-refractivity contribution >= 4 is 16.9 Å². The monoisotopic (exact) mass is 324 g/mol. The Kier molecular flexibility index (Phi) is 4.74. The Morgan fingerprint density at radius 2 is 1.92 bits per heavy atom. The number of likely N-dealkylation sites (N-methyl/N-ethyl adjacent to an activating group) is 1. The van der Waals surface area contributed by atoms with E-state index in [1.165, 1.54) is 0 Å². The molecule has 2 aromatic carbocycles. The van der Waals surface area contributed by atoms with Gasteiger partial charge in [0, 0.05) is 7.05 Å². The Labute approximate surface area is 140 Å². The number of benzene rings is 2. The van der Waals surface area contributed by atoms with Crippen LogP contribution in [0.15, 0.2) is 48.5 Å². The van der Waals surface area contributed by atoms with Gasteiger partial charge in [-0.15, -0.1) is 5.10 Å². The van der Waals surface area contributed by atoms with Gasteiger partial charge in [0.2, 0.25) is 5.91 Å². The van der Waals surface area contributed by atoms with Crippen LogP contribution in [0.2, 0.25) is 0 Å². The Bertz CT molecular complexity index is 844. The van der Waals surface area contributed by atoms with E-state index in [9.17, 15) is 4.79 Å². The second kappa shape index (κ2) is 7.12. The SMILES string of the molecule is Cc1ccccc1OCCN(C)C(=O)Cn1nnc2ccccc21. The maximum Gasteiger partial charge on any atom is 0.244 e. The lowest BCUT2D eigenvalue weighted by molar-refractivity contribution is -0.131. The molecule has 1 amide bonds. The zero-order chi connectivity index (χ0) is 16.9. The molecule has 0 aliphatic rings. The Morgan fingerprint density at radius 3 is 2.75 bits per heavy atom. The molecule has 6 nitrogen and oxygen atoms in total. The number of fused-ring (bicyclic) bond motifs is 1. The summed E-state index contributed by atoms with van der Waals surface area (Å²) in [5, 5.41) is 8.11. The van der Waals surface area contributed by atoms with E-state index in [0.717, 1.165) is 22.3 Å². The summed E-state index contributed by atoms with van der Waals surface area (Å²) in [5.74, 6) is 0.819. The van der Waals surface area contributed by atoms with Crippen LogP contribution in [0, 0.1) is 6.92 Å². The molecule has 0 atom stereocenters. The Balaban J connectivity index is 1.54. The van der Waals surface area contributed by atoms with Crippen molar-refractivity contribution in [1.82, 2.24) is 19.9 Å². The van der Waals surface area contributed by atoms with Gasteiger partial charge in [-0.2, -0.15) is 0 Å². The molecule has 0 aliphatic heterocycles. The summed E-state index contributed by atoms with van der Waals surface area (Å²) in [7, 11) is 1.77. The van der Waals surface area contributed by atoms with Gasteiger partial charge in [-0.1, -0.05) is 35.5 Å². The largest absolute Gasteiger partial charge is 0.491 e. The maximum atomic E-state index is 12.3. The summed E-state index contributed by atoms with van der Waals surface area (Å²) < 4.78 is 7.36. The molecule has 3 aromatic rings.